The molecule has 102 valence electrons. The van der Waals surface area contributed by atoms with Crippen molar-refractivity contribution in [3.63, 3.8) is 0 Å². The number of aryl methyl sites for hydroxylation is 1. The lowest BCUT2D eigenvalue weighted by Gasteiger charge is -2.09. The Hall–Kier alpha value is -2.96. The number of nitrogen functional groups attached to an aromatic ring is 1. The molecule has 0 radical (unpaired) electrons. The number of aromatic nitrogens is 1. The summed E-state index contributed by atoms with van der Waals surface area (Å²) in [6.45, 7) is 1.75. The summed E-state index contributed by atoms with van der Waals surface area (Å²) in [5, 5.41) is 18.4. The third-order valence-corrected chi connectivity index (χ3v) is 2.56. The van der Waals surface area contributed by atoms with Gasteiger partial charge in [-0.25, -0.2) is 4.98 Å². The molecular weight excluding hydrogens is 260 g/mol. The van der Waals surface area contributed by atoms with Crippen LogP contribution in [0.3, 0.4) is 0 Å². The summed E-state index contributed by atoms with van der Waals surface area (Å²) in [6.07, 6.45) is 1.47. The van der Waals surface area contributed by atoms with Crippen LogP contribution in [0.5, 0.6) is 11.5 Å². The smallest absolute Gasteiger partial charge is 0.311 e. The average Bonchev–Trinajstić information content (AvgIpc) is 2.41. The second kappa shape index (κ2) is 5.35. The molecular formula is C13H12N4O3. The highest BCUT2D eigenvalue weighted by molar-refractivity contribution is 5.95. The highest BCUT2D eigenvalue weighted by atomic mass is 16.6. The van der Waals surface area contributed by atoms with E-state index in [9.17, 15) is 10.1 Å². The highest BCUT2D eigenvalue weighted by Gasteiger charge is 2.18. The van der Waals surface area contributed by atoms with Gasteiger partial charge in [0, 0.05) is 12.3 Å². The molecule has 0 saturated carbocycles. The number of nitrogens with zero attached hydrogens (tertiary/aromatic N) is 2. The van der Waals surface area contributed by atoms with Crippen LogP contribution in [0.1, 0.15) is 11.3 Å². The summed E-state index contributed by atoms with van der Waals surface area (Å²) in [6, 6.07) is 7.77. The molecule has 1 aromatic heterocycles. The molecule has 1 heterocycles. The van der Waals surface area contributed by atoms with E-state index in [1.165, 1.54) is 18.3 Å². The second-order valence-electron chi connectivity index (χ2n) is 4.09. The van der Waals surface area contributed by atoms with E-state index in [4.69, 9.17) is 15.9 Å². The molecule has 0 aliphatic carbocycles. The molecule has 7 nitrogen and oxygen atoms in total. The zero-order valence-corrected chi connectivity index (χ0v) is 10.7. The van der Waals surface area contributed by atoms with Crippen LogP contribution in [0.15, 0.2) is 36.5 Å². The fourth-order valence-electron chi connectivity index (χ4n) is 1.65. The second-order valence-corrected chi connectivity index (χ2v) is 4.09. The molecule has 0 aliphatic rings. The fraction of sp³-hybridized carbons (Fsp3) is 0.0769. The van der Waals surface area contributed by atoms with Gasteiger partial charge in [0.1, 0.15) is 11.5 Å². The predicted molar refractivity (Wildman–Crippen MR) is 73.2 cm³/mol. The number of benzene rings is 1. The standard InChI is InChI=1S/C13H12N4O3/c1-8-4-5-10(9(7-8)17(18)19)20-11-3-2-6-16-12(11)13(14)15/h2-7H,1H3,(H3,14,15). The van der Waals surface area contributed by atoms with Gasteiger partial charge in [-0.15, -0.1) is 0 Å². The van der Waals surface area contributed by atoms with Gasteiger partial charge in [0.15, 0.2) is 5.75 Å². The Labute approximate surface area is 114 Å². The Morgan fingerprint density at radius 2 is 2.15 bits per heavy atom. The van der Waals surface area contributed by atoms with Crippen LogP contribution in [0, 0.1) is 22.4 Å². The Morgan fingerprint density at radius 3 is 2.80 bits per heavy atom. The van der Waals surface area contributed by atoms with Crippen molar-refractivity contribution in [2.75, 3.05) is 0 Å². The summed E-state index contributed by atoms with van der Waals surface area (Å²) in [7, 11) is 0. The van der Waals surface area contributed by atoms with Crippen LogP contribution in [0.4, 0.5) is 5.69 Å². The van der Waals surface area contributed by atoms with E-state index in [1.54, 1.807) is 25.1 Å². The minimum absolute atomic E-state index is 0.0797. The van der Waals surface area contributed by atoms with Gasteiger partial charge in [-0.3, -0.25) is 15.5 Å². The molecule has 2 aromatic rings. The Morgan fingerprint density at radius 1 is 1.40 bits per heavy atom. The number of nitro benzene ring substituents is 1. The number of nitrogens with one attached hydrogen (secondary N) is 1. The first kappa shape index (κ1) is 13.5. The molecule has 3 N–H and O–H groups in total. The molecule has 0 unspecified atom stereocenters. The van der Waals surface area contributed by atoms with E-state index in [2.05, 4.69) is 4.98 Å². The van der Waals surface area contributed by atoms with Crippen LogP contribution in [-0.4, -0.2) is 15.7 Å². The van der Waals surface area contributed by atoms with Gasteiger partial charge in [0.2, 0.25) is 5.75 Å². The third-order valence-electron chi connectivity index (χ3n) is 2.56. The number of nitro groups is 1. The van der Waals surface area contributed by atoms with Crippen molar-refractivity contribution < 1.29 is 9.66 Å². The molecule has 0 amide bonds. The zero-order chi connectivity index (χ0) is 14.7. The molecule has 7 heteroatoms. The van der Waals surface area contributed by atoms with Crippen LogP contribution in [0.25, 0.3) is 0 Å². The predicted octanol–water partition coefficient (Wildman–Crippen LogP) is 2.37. The molecule has 2 rings (SSSR count). The van der Waals surface area contributed by atoms with Crippen molar-refractivity contribution in [3.05, 3.63) is 57.9 Å². The topological polar surface area (TPSA) is 115 Å². The lowest BCUT2D eigenvalue weighted by atomic mass is 10.2. The van der Waals surface area contributed by atoms with E-state index in [-0.39, 0.29) is 28.7 Å². The summed E-state index contributed by atoms with van der Waals surface area (Å²) >= 11 is 0. The molecule has 0 fully saturated rings. The van der Waals surface area contributed by atoms with Gasteiger partial charge in [-0.05, 0) is 30.7 Å². The third kappa shape index (κ3) is 2.72. The number of ether oxygens (including phenoxy) is 1. The normalized spacial score (nSPS) is 10.1. The summed E-state index contributed by atoms with van der Waals surface area (Å²) in [5.41, 5.74) is 6.14. The van der Waals surface area contributed by atoms with Gasteiger partial charge in [-0.2, -0.15) is 0 Å². The maximum Gasteiger partial charge on any atom is 0.311 e. The van der Waals surface area contributed by atoms with Crippen molar-refractivity contribution in [2.45, 2.75) is 6.92 Å². The van der Waals surface area contributed by atoms with Crippen LogP contribution in [0.2, 0.25) is 0 Å². The van der Waals surface area contributed by atoms with Crippen molar-refractivity contribution in [3.8, 4) is 11.5 Å². The van der Waals surface area contributed by atoms with Gasteiger partial charge < -0.3 is 10.5 Å². The largest absolute Gasteiger partial charge is 0.448 e. The number of pyridine rings is 1. The van der Waals surface area contributed by atoms with Crippen molar-refractivity contribution in [2.24, 2.45) is 5.73 Å². The van der Waals surface area contributed by atoms with Crippen molar-refractivity contribution in [1.29, 1.82) is 5.41 Å². The van der Waals surface area contributed by atoms with E-state index < -0.39 is 4.92 Å². The van der Waals surface area contributed by atoms with Crippen molar-refractivity contribution in [1.82, 2.24) is 4.98 Å². The van der Waals surface area contributed by atoms with Gasteiger partial charge in [-0.1, -0.05) is 6.07 Å². The summed E-state index contributed by atoms with van der Waals surface area (Å²) in [4.78, 5) is 14.4. The number of rotatable bonds is 4. The minimum atomic E-state index is -0.522. The van der Waals surface area contributed by atoms with Gasteiger partial charge in [0.25, 0.3) is 0 Å². The van der Waals surface area contributed by atoms with Gasteiger partial charge >= 0.3 is 5.69 Å². The lowest BCUT2D eigenvalue weighted by Crippen LogP contribution is -2.14. The number of nitrogens with two attached hydrogens (primary N) is 1. The molecule has 20 heavy (non-hydrogen) atoms. The summed E-state index contributed by atoms with van der Waals surface area (Å²) in [5.74, 6) is 0.0124. The molecule has 1 aromatic carbocycles. The monoisotopic (exact) mass is 272 g/mol. The number of amidine groups is 1. The number of hydrogen-bond donors (Lipinski definition) is 2. The highest BCUT2D eigenvalue weighted by Crippen LogP contribution is 2.32. The van der Waals surface area contributed by atoms with Crippen LogP contribution < -0.4 is 10.5 Å². The van der Waals surface area contributed by atoms with E-state index in [0.29, 0.717) is 0 Å². The van der Waals surface area contributed by atoms with Crippen LogP contribution in [-0.2, 0) is 0 Å². The molecule has 0 atom stereocenters. The number of hydrogen-bond acceptors (Lipinski definition) is 5. The maximum atomic E-state index is 11.0. The van der Waals surface area contributed by atoms with Crippen molar-refractivity contribution >= 4 is 11.5 Å². The summed E-state index contributed by atoms with van der Waals surface area (Å²) < 4.78 is 5.49. The van der Waals surface area contributed by atoms with Crippen LogP contribution >= 0.6 is 0 Å². The minimum Gasteiger partial charge on any atom is -0.448 e. The lowest BCUT2D eigenvalue weighted by molar-refractivity contribution is -0.385. The van der Waals surface area contributed by atoms with E-state index >= 15 is 0 Å². The first-order valence-electron chi connectivity index (χ1n) is 5.71. The van der Waals surface area contributed by atoms with E-state index in [1.807, 2.05) is 0 Å². The first-order chi connectivity index (χ1) is 9.49. The average molecular weight is 272 g/mol. The Kier molecular flexibility index (Phi) is 3.60. The van der Waals surface area contributed by atoms with E-state index in [0.717, 1.165) is 5.56 Å². The Balaban J connectivity index is 2.45. The molecule has 0 aliphatic heterocycles. The SMILES string of the molecule is Cc1ccc(Oc2cccnc2C(=N)N)c([N+](=O)[O-])c1. The zero-order valence-electron chi connectivity index (χ0n) is 10.7. The molecule has 0 bridgehead atoms. The fourth-order valence-corrected chi connectivity index (χ4v) is 1.65. The molecule has 0 spiro atoms. The molecule has 0 saturated heterocycles. The van der Waals surface area contributed by atoms with Gasteiger partial charge in [0.05, 0.1) is 4.92 Å². The first-order valence-corrected chi connectivity index (χ1v) is 5.71. The maximum absolute atomic E-state index is 11.0. The Bertz CT molecular complexity index is 685. The quantitative estimate of drug-likeness (QED) is 0.383.